The topological polar surface area (TPSA) is 52.1 Å². The van der Waals surface area contributed by atoms with Crippen LogP contribution in [0.2, 0.25) is 0 Å². The number of hydrogen-bond donors (Lipinski definition) is 2. The van der Waals surface area contributed by atoms with Crippen molar-refractivity contribution in [3.63, 3.8) is 0 Å². The lowest BCUT2D eigenvalue weighted by Crippen LogP contribution is -2.54. The number of piperidine rings is 1. The van der Waals surface area contributed by atoms with Crippen molar-refractivity contribution in [3.8, 4) is 0 Å². The molecule has 0 aliphatic carbocycles. The normalized spacial score (nSPS) is 18.6. The molecule has 0 unspecified atom stereocenters. The Balaban J connectivity index is 0.00000320. The Hall–Kier alpha value is -1.06. The Morgan fingerprint density at radius 2 is 1.67 bits per heavy atom. The van der Waals surface area contributed by atoms with Crippen molar-refractivity contribution in [2.45, 2.75) is 52.1 Å². The highest BCUT2D eigenvalue weighted by Crippen LogP contribution is 2.20. The summed E-state index contributed by atoms with van der Waals surface area (Å²) in [6.45, 7) is 15.2. The van der Waals surface area contributed by atoms with E-state index in [1.165, 1.54) is 43.6 Å². The fraction of sp³-hybridized carbons (Fsp3) is 0.696. The molecule has 0 bridgehead atoms. The zero-order valence-electron chi connectivity index (χ0n) is 19.0. The summed E-state index contributed by atoms with van der Waals surface area (Å²) in [6.07, 6.45) is 4.00. The van der Waals surface area contributed by atoms with Crippen molar-refractivity contribution in [1.29, 1.82) is 0 Å². The Morgan fingerprint density at radius 1 is 1.00 bits per heavy atom. The molecular formula is C23H40IN5O. The lowest BCUT2D eigenvalue weighted by molar-refractivity contribution is 0.0982. The van der Waals surface area contributed by atoms with E-state index in [1.807, 2.05) is 0 Å². The van der Waals surface area contributed by atoms with Gasteiger partial charge in [0.25, 0.3) is 0 Å². The van der Waals surface area contributed by atoms with Crippen LogP contribution < -0.4 is 15.5 Å². The third-order valence-corrected chi connectivity index (χ3v) is 5.98. The molecular weight excluding hydrogens is 489 g/mol. The molecule has 0 aromatic heterocycles. The summed E-state index contributed by atoms with van der Waals surface area (Å²) in [5, 5.41) is 6.96. The van der Waals surface area contributed by atoms with Crippen molar-refractivity contribution >= 4 is 35.6 Å². The molecule has 2 saturated heterocycles. The second kappa shape index (κ2) is 12.7. The number of nitrogens with one attached hydrogen (secondary N) is 2. The zero-order chi connectivity index (χ0) is 20.5. The number of guanidine groups is 1. The van der Waals surface area contributed by atoms with Crippen LogP contribution in [0.15, 0.2) is 29.3 Å². The largest absolute Gasteiger partial charge is 0.378 e. The van der Waals surface area contributed by atoms with Crippen molar-refractivity contribution in [2.75, 3.05) is 57.4 Å². The third-order valence-electron chi connectivity index (χ3n) is 5.98. The Bertz CT molecular complexity index is 637. The number of anilines is 1. The first-order valence-corrected chi connectivity index (χ1v) is 11.3. The van der Waals surface area contributed by atoms with E-state index in [0.717, 1.165) is 45.4 Å². The van der Waals surface area contributed by atoms with Gasteiger partial charge < -0.3 is 20.3 Å². The predicted molar refractivity (Wildman–Crippen MR) is 137 cm³/mol. The fourth-order valence-corrected chi connectivity index (χ4v) is 4.06. The molecule has 1 aromatic rings. The molecule has 0 amide bonds. The van der Waals surface area contributed by atoms with Crippen LogP contribution in [0.25, 0.3) is 0 Å². The molecule has 7 heteroatoms. The van der Waals surface area contributed by atoms with Crippen molar-refractivity contribution in [2.24, 2.45) is 4.99 Å². The molecule has 0 radical (unpaired) electrons. The molecule has 2 fully saturated rings. The van der Waals surface area contributed by atoms with E-state index in [-0.39, 0.29) is 29.5 Å². The van der Waals surface area contributed by atoms with Crippen LogP contribution in [0, 0.1) is 0 Å². The number of hydrogen-bond acceptors (Lipinski definition) is 4. The maximum Gasteiger partial charge on any atom is 0.191 e. The quantitative estimate of drug-likeness (QED) is 0.322. The number of likely N-dealkylation sites (tertiary alicyclic amines) is 1. The van der Waals surface area contributed by atoms with Gasteiger partial charge in [-0.05, 0) is 64.4 Å². The lowest BCUT2D eigenvalue weighted by atomic mass is 9.98. The number of rotatable bonds is 7. The average molecular weight is 530 g/mol. The minimum atomic E-state index is 0. The van der Waals surface area contributed by atoms with E-state index < -0.39 is 0 Å². The highest BCUT2D eigenvalue weighted by Gasteiger charge is 2.27. The van der Waals surface area contributed by atoms with Gasteiger partial charge in [0.15, 0.2) is 5.96 Å². The summed E-state index contributed by atoms with van der Waals surface area (Å²) in [5.41, 5.74) is 2.64. The molecule has 0 atom stereocenters. The summed E-state index contributed by atoms with van der Waals surface area (Å²) in [6, 6.07) is 8.79. The van der Waals surface area contributed by atoms with E-state index in [4.69, 9.17) is 9.73 Å². The van der Waals surface area contributed by atoms with Crippen molar-refractivity contribution in [1.82, 2.24) is 15.5 Å². The molecule has 30 heavy (non-hydrogen) atoms. The second-order valence-corrected chi connectivity index (χ2v) is 8.67. The fourth-order valence-electron chi connectivity index (χ4n) is 4.06. The monoisotopic (exact) mass is 529 g/mol. The van der Waals surface area contributed by atoms with Crippen LogP contribution in [0.1, 0.15) is 45.6 Å². The van der Waals surface area contributed by atoms with Gasteiger partial charge in [-0.15, -0.1) is 24.0 Å². The zero-order valence-corrected chi connectivity index (χ0v) is 21.3. The molecule has 170 valence electrons. The lowest BCUT2D eigenvalue weighted by Gasteiger charge is -2.41. The van der Waals surface area contributed by atoms with Gasteiger partial charge in [0, 0.05) is 37.4 Å². The minimum absolute atomic E-state index is 0. The minimum Gasteiger partial charge on any atom is -0.378 e. The molecule has 3 rings (SSSR count). The summed E-state index contributed by atoms with van der Waals surface area (Å²) in [5.74, 6) is 0.898. The maximum absolute atomic E-state index is 5.44. The summed E-state index contributed by atoms with van der Waals surface area (Å²) < 4.78 is 5.44. The first kappa shape index (κ1) is 25.2. The van der Waals surface area contributed by atoms with E-state index in [9.17, 15) is 0 Å². The second-order valence-electron chi connectivity index (χ2n) is 8.67. The van der Waals surface area contributed by atoms with Crippen LogP contribution in [-0.2, 0) is 11.3 Å². The Morgan fingerprint density at radius 3 is 2.30 bits per heavy atom. The van der Waals surface area contributed by atoms with Crippen LogP contribution in [0.4, 0.5) is 5.69 Å². The average Bonchev–Trinajstić information content (AvgIpc) is 2.77. The first-order valence-electron chi connectivity index (χ1n) is 11.3. The van der Waals surface area contributed by atoms with Crippen molar-refractivity contribution in [3.05, 3.63) is 29.8 Å². The molecule has 1 aromatic carbocycles. The van der Waals surface area contributed by atoms with E-state index >= 15 is 0 Å². The molecule has 6 nitrogen and oxygen atoms in total. The van der Waals surface area contributed by atoms with Crippen LogP contribution in [-0.4, -0.2) is 68.9 Å². The van der Waals surface area contributed by atoms with Crippen LogP contribution in [0.3, 0.4) is 0 Å². The molecule has 0 saturated carbocycles. The maximum atomic E-state index is 5.44. The highest BCUT2D eigenvalue weighted by atomic mass is 127. The number of ether oxygens (including phenoxy) is 1. The van der Waals surface area contributed by atoms with Crippen molar-refractivity contribution < 1.29 is 4.74 Å². The highest BCUT2D eigenvalue weighted by molar-refractivity contribution is 14.0. The van der Waals surface area contributed by atoms with Gasteiger partial charge in [-0.25, -0.2) is 4.99 Å². The number of morpholine rings is 1. The molecule has 2 heterocycles. The van der Waals surface area contributed by atoms with E-state index in [2.05, 4.69) is 65.5 Å². The molecule has 2 aliphatic rings. The van der Waals surface area contributed by atoms with Gasteiger partial charge in [0.05, 0.1) is 19.8 Å². The number of benzene rings is 1. The molecule has 2 N–H and O–H groups in total. The van der Waals surface area contributed by atoms with Gasteiger partial charge in [-0.2, -0.15) is 0 Å². The van der Waals surface area contributed by atoms with E-state index in [0.29, 0.717) is 6.54 Å². The van der Waals surface area contributed by atoms with Gasteiger partial charge in [0.2, 0.25) is 0 Å². The third kappa shape index (κ3) is 7.57. The van der Waals surface area contributed by atoms with E-state index in [1.54, 1.807) is 0 Å². The number of aliphatic imine (C=N–C) groups is 1. The Labute approximate surface area is 199 Å². The number of nitrogens with zero attached hydrogens (tertiary/aromatic N) is 3. The summed E-state index contributed by atoms with van der Waals surface area (Å²) in [7, 11) is 0. The molecule has 0 spiro atoms. The van der Waals surface area contributed by atoms with Gasteiger partial charge in [-0.3, -0.25) is 4.90 Å². The molecule has 2 aliphatic heterocycles. The van der Waals surface area contributed by atoms with Gasteiger partial charge in [0.1, 0.15) is 0 Å². The van der Waals surface area contributed by atoms with Crippen LogP contribution >= 0.6 is 24.0 Å². The predicted octanol–water partition coefficient (Wildman–Crippen LogP) is 3.46. The Kier molecular flexibility index (Phi) is 10.7. The SMILES string of the molecule is CCNC(=NCc1ccc(N2CCOCC2)cc1)NCC(C)(C)N1CCCCC1.I. The smallest absolute Gasteiger partial charge is 0.191 e. The standard InChI is InChI=1S/C23H39N5O.HI/c1-4-24-22(26-19-23(2,3)28-12-6-5-7-13-28)25-18-20-8-10-21(11-9-20)27-14-16-29-17-15-27;/h8-11H,4-7,12-19H2,1-3H3,(H2,24,25,26);1H. The van der Waals surface area contributed by atoms with Crippen LogP contribution in [0.5, 0.6) is 0 Å². The van der Waals surface area contributed by atoms with Gasteiger partial charge >= 0.3 is 0 Å². The summed E-state index contributed by atoms with van der Waals surface area (Å²) in [4.78, 5) is 9.80. The first-order chi connectivity index (χ1) is 14.1. The van der Waals surface area contributed by atoms with Gasteiger partial charge in [-0.1, -0.05) is 18.6 Å². The number of halogens is 1. The summed E-state index contributed by atoms with van der Waals surface area (Å²) >= 11 is 0.